The Morgan fingerprint density at radius 2 is 2.05 bits per heavy atom. The van der Waals surface area contributed by atoms with Gasteiger partial charge in [-0.05, 0) is 36.4 Å². The van der Waals surface area contributed by atoms with Crippen LogP contribution in [0.2, 0.25) is 0 Å². The zero-order valence-electron chi connectivity index (χ0n) is 11.8. The normalized spacial score (nSPS) is 13.9. The van der Waals surface area contributed by atoms with Crippen LogP contribution < -0.4 is 15.2 Å². The molecule has 3 rings (SSSR count). The Hall–Kier alpha value is -1.82. The van der Waals surface area contributed by atoms with E-state index in [-0.39, 0.29) is 0 Å². The van der Waals surface area contributed by atoms with E-state index in [4.69, 9.17) is 15.2 Å². The zero-order valence-corrected chi connectivity index (χ0v) is 12.6. The molecule has 0 spiro atoms. The van der Waals surface area contributed by atoms with Gasteiger partial charge in [-0.1, -0.05) is 0 Å². The highest BCUT2D eigenvalue weighted by molar-refractivity contribution is 7.99. The molecule has 0 bridgehead atoms. The van der Waals surface area contributed by atoms with E-state index in [1.54, 1.807) is 0 Å². The Morgan fingerprint density at radius 1 is 1.19 bits per heavy atom. The highest BCUT2D eigenvalue weighted by atomic mass is 32.2. The van der Waals surface area contributed by atoms with E-state index in [2.05, 4.69) is 17.2 Å². The van der Waals surface area contributed by atoms with Crippen molar-refractivity contribution in [3.8, 4) is 11.5 Å². The Kier molecular flexibility index (Phi) is 4.55. The molecule has 112 valence electrons. The molecule has 5 nitrogen and oxygen atoms in total. The molecule has 0 amide bonds. The Morgan fingerprint density at radius 3 is 2.86 bits per heavy atom. The maximum absolute atomic E-state index is 5.70. The van der Waals surface area contributed by atoms with Gasteiger partial charge in [0.25, 0.3) is 0 Å². The lowest BCUT2D eigenvalue weighted by Gasteiger charge is -2.09. The first kappa shape index (κ1) is 14.1. The molecule has 2 aromatic rings. The van der Waals surface area contributed by atoms with Crippen molar-refractivity contribution in [1.82, 2.24) is 9.78 Å². The number of aromatic nitrogens is 2. The van der Waals surface area contributed by atoms with Gasteiger partial charge in [-0.3, -0.25) is 4.68 Å². The summed E-state index contributed by atoms with van der Waals surface area (Å²) in [6.07, 6.45) is 3.89. The number of thioether (sulfide) groups is 1. The fraction of sp³-hybridized carbons (Fsp3) is 0.400. The van der Waals surface area contributed by atoms with Gasteiger partial charge >= 0.3 is 0 Å². The Balaban J connectivity index is 1.50. The second kappa shape index (κ2) is 6.76. The lowest BCUT2D eigenvalue weighted by atomic mass is 10.3. The predicted octanol–water partition coefficient (Wildman–Crippen LogP) is 2.81. The number of ether oxygens (including phenoxy) is 2. The van der Waals surface area contributed by atoms with Crippen LogP contribution in [0.3, 0.4) is 0 Å². The number of nitrogen functional groups attached to an aromatic ring is 1. The predicted molar refractivity (Wildman–Crippen MR) is 84.0 cm³/mol. The number of fused-ring (bicyclic) bond motifs is 1. The van der Waals surface area contributed by atoms with Crippen LogP contribution in [0.25, 0.3) is 0 Å². The SMILES string of the molecule is Nc1ccn(CCCSc2ccc3c(c2)OCCCO3)n1. The zero-order chi connectivity index (χ0) is 14.5. The fourth-order valence-electron chi connectivity index (χ4n) is 2.15. The summed E-state index contributed by atoms with van der Waals surface area (Å²) in [5, 5.41) is 4.17. The molecule has 0 unspecified atom stereocenters. The molecule has 0 aliphatic carbocycles. The molecule has 2 N–H and O–H groups in total. The van der Waals surface area contributed by atoms with Gasteiger partial charge in [0.2, 0.25) is 0 Å². The van der Waals surface area contributed by atoms with Crippen molar-refractivity contribution >= 4 is 17.6 Å². The Labute approximate surface area is 128 Å². The van der Waals surface area contributed by atoms with Crippen molar-refractivity contribution in [3.05, 3.63) is 30.5 Å². The molecule has 0 saturated heterocycles. The molecule has 0 saturated carbocycles. The molecular formula is C15H19N3O2S. The van der Waals surface area contributed by atoms with Crippen LogP contribution in [-0.4, -0.2) is 28.7 Å². The molecule has 1 aromatic heterocycles. The molecule has 21 heavy (non-hydrogen) atoms. The number of hydrogen-bond donors (Lipinski definition) is 1. The number of benzene rings is 1. The second-order valence-corrected chi connectivity index (χ2v) is 6.03. The van der Waals surface area contributed by atoms with Gasteiger partial charge in [0.15, 0.2) is 11.5 Å². The largest absolute Gasteiger partial charge is 0.490 e. The van der Waals surface area contributed by atoms with Crippen molar-refractivity contribution < 1.29 is 9.47 Å². The van der Waals surface area contributed by atoms with Crippen molar-refractivity contribution in [2.24, 2.45) is 0 Å². The number of nitrogens with two attached hydrogens (primary N) is 1. The van der Waals surface area contributed by atoms with Crippen molar-refractivity contribution in [2.45, 2.75) is 24.3 Å². The summed E-state index contributed by atoms with van der Waals surface area (Å²) in [6, 6.07) is 7.97. The topological polar surface area (TPSA) is 62.3 Å². The minimum atomic E-state index is 0.575. The second-order valence-electron chi connectivity index (χ2n) is 4.86. The van der Waals surface area contributed by atoms with E-state index in [1.165, 1.54) is 4.90 Å². The first-order chi connectivity index (χ1) is 10.3. The van der Waals surface area contributed by atoms with Gasteiger partial charge < -0.3 is 15.2 Å². The molecule has 1 aliphatic heterocycles. The molecule has 0 fully saturated rings. The quantitative estimate of drug-likeness (QED) is 0.680. The molecule has 1 aliphatic rings. The third-order valence-electron chi connectivity index (χ3n) is 3.18. The Bertz CT molecular complexity index is 600. The van der Waals surface area contributed by atoms with Crippen molar-refractivity contribution in [3.63, 3.8) is 0 Å². The number of aryl methyl sites for hydroxylation is 1. The van der Waals surface area contributed by atoms with Gasteiger partial charge in [0.05, 0.1) is 13.2 Å². The standard InChI is InChI=1S/C15H19N3O2S/c16-15-5-7-18(17-15)6-1-10-21-12-3-4-13-14(11-12)20-9-2-8-19-13/h3-5,7,11H,1-2,6,8-10H2,(H2,16,17). The molecule has 0 atom stereocenters. The molecular weight excluding hydrogens is 286 g/mol. The minimum Gasteiger partial charge on any atom is -0.490 e. The maximum atomic E-state index is 5.70. The van der Waals surface area contributed by atoms with Crippen LogP contribution >= 0.6 is 11.8 Å². The summed E-state index contributed by atoms with van der Waals surface area (Å²) in [4.78, 5) is 1.21. The summed E-state index contributed by atoms with van der Waals surface area (Å²) >= 11 is 1.82. The number of hydrogen-bond acceptors (Lipinski definition) is 5. The summed E-state index contributed by atoms with van der Waals surface area (Å²) in [5.41, 5.74) is 5.59. The lowest BCUT2D eigenvalue weighted by molar-refractivity contribution is 0.297. The summed E-state index contributed by atoms with van der Waals surface area (Å²) in [5.74, 6) is 3.31. The summed E-state index contributed by atoms with van der Waals surface area (Å²) in [7, 11) is 0. The summed E-state index contributed by atoms with van der Waals surface area (Å²) in [6.45, 7) is 2.34. The van der Waals surface area contributed by atoms with E-state index in [0.29, 0.717) is 5.82 Å². The molecule has 6 heteroatoms. The van der Waals surface area contributed by atoms with Gasteiger partial charge in [0.1, 0.15) is 5.82 Å². The fourth-order valence-corrected chi connectivity index (χ4v) is 3.02. The molecule has 2 heterocycles. The van der Waals surface area contributed by atoms with E-state index in [1.807, 2.05) is 34.8 Å². The van der Waals surface area contributed by atoms with Gasteiger partial charge in [-0.2, -0.15) is 5.10 Å². The average Bonchev–Trinajstić information content (AvgIpc) is 2.76. The third kappa shape index (κ3) is 3.85. The van der Waals surface area contributed by atoms with Crippen LogP contribution in [0.5, 0.6) is 11.5 Å². The first-order valence-electron chi connectivity index (χ1n) is 7.13. The third-order valence-corrected chi connectivity index (χ3v) is 4.26. The van der Waals surface area contributed by atoms with Gasteiger partial charge in [0, 0.05) is 24.1 Å². The first-order valence-corrected chi connectivity index (χ1v) is 8.11. The van der Waals surface area contributed by atoms with Crippen molar-refractivity contribution in [2.75, 3.05) is 24.7 Å². The van der Waals surface area contributed by atoms with Crippen LogP contribution in [-0.2, 0) is 6.54 Å². The number of rotatable bonds is 5. The molecule has 0 radical (unpaired) electrons. The van der Waals surface area contributed by atoms with Crippen molar-refractivity contribution in [1.29, 1.82) is 0 Å². The number of nitrogens with zero attached hydrogens (tertiary/aromatic N) is 2. The molecule has 1 aromatic carbocycles. The summed E-state index contributed by atoms with van der Waals surface area (Å²) < 4.78 is 13.2. The van der Waals surface area contributed by atoms with E-state index in [9.17, 15) is 0 Å². The van der Waals surface area contributed by atoms with Crippen LogP contribution in [0.4, 0.5) is 5.82 Å². The van der Waals surface area contributed by atoms with Gasteiger partial charge in [-0.15, -0.1) is 11.8 Å². The monoisotopic (exact) mass is 305 g/mol. The van der Waals surface area contributed by atoms with Crippen LogP contribution in [0.1, 0.15) is 12.8 Å². The van der Waals surface area contributed by atoms with E-state index >= 15 is 0 Å². The van der Waals surface area contributed by atoms with E-state index in [0.717, 1.165) is 49.9 Å². The minimum absolute atomic E-state index is 0.575. The van der Waals surface area contributed by atoms with Crippen LogP contribution in [0, 0.1) is 0 Å². The number of anilines is 1. The van der Waals surface area contributed by atoms with Gasteiger partial charge in [-0.25, -0.2) is 0 Å². The highest BCUT2D eigenvalue weighted by Crippen LogP contribution is 2.34. The highest BCUT2D eigenvalue weighted by Gasteiger charge is 2.10. The average molecular weight is 305 g/mol. The van der Waals surface area contributed by atoms with E-state index < -0.39 is 0 Å². The van der Waals surface area contributed by atoms with Crippen LogP contribution in [0.15, 0.2) is 35.4 Å². The lowest BCUT2D eigenvalue weighted by Crippen LogP contribution is -2.00. The maximum Gasteiger partial charge on any atom is 0.162 e. The smallest absolute Gasteiger partial charge is 0.162 e.